The predicted molar refractivity (Wildman–Crippen MR) is 113 cm³/mol. The second kappa shape index (κ2) is 9.98. The third kappa shape index (κ3) is 5.51. The summed E-state index contributed by atoms with van der Waals surface area (Å²) in [6.07, 6.45) is 2.90. The van der Waals surface area contributed by atoms with E-state index < -0.39 is 5.97 Å². The minimum atomic E-state index is -0.570. The van der Waals surface area contributed by atoms with Crippen LogP contribution >= 0.6 is 11.6 Å². The monoisotopic (exact) mass is 414 g/mol. The standard InChI is InChI=1S/C22H23ClN2O4/c1-28-20-9-5-2-6-17(20)10-11-22(27)29-16-21(26)25-14-12-24(13-15-25)19-8-4-3-7-18(19)23/h2-11H,12-16H2,1H3/b11-10+. The Morgan fingerprint density at radius 1 is 1.03 bits per heavy atom. The molecule has 0 bridgehead atoms. The molecule has 0 aromatic heterocycles. The van der Waals surface area contributed by atoms with Gasteiger partial charge in [0.25, 0.3) is 5.91 Å². The molecule has 1 aliphatic rings. The first kappa shape index (κ1) is 20.7. The molecule has 6 nitrogen and oxygen atoms in total. The van der Waals surface area contributed by atoms with Gasteiger partial charge in [-0.3, -0.25) is 4.79 Å². The fraction of sp³-hybridized carbons (Fsp3) is 0.273. The molecule has 2 aromatic carbocycles. The molecule has 29 heavy (non-hydrogen) atoms. The molecule has 2 aromatic rings. The number of para-hydroxylation sites is 2. The molecule has 1 aliphatic heterocycles. The summed E-state index contributed by atoms with van der Waals surface area (Å²) in [6, 6.07) is 15.0. The van der Waals surface area contributed by atoms with Crippen LogP contribution in [0.2, 0.25) is 5.02 Å². The van der Waals surface area contributed by atoms with Crippen LogP contribution in [-0.4, -0.2) is 56.7 Å². The second-order valence-corrected chi connectivity index (χ2v) is 6.91. The summed E-state index contributed by atoms with van der Waals surface area (Å²) in [5, 5.41) is 0.697. The minimum Gasteiger partial charge on any atom is -0.496 e. The Balaban J connectivity index is 1.46. The molecular formula is C22H23ClN2O4. The van der Waals surface area contributed by atoms with E-state index >= 15 is 0 Å². The number of hydrogen-bond acceptors (Lipinski definition) is 5. The zero-order valence-corrected chi connectivity index (χ0v) is 17.0. The molecule has 0 radical (unpaired) electrons. The second-order valence-electron chi connectivity index (χ2n) is 6.50. The zero-order chi connectivity index (χ0) is 20.6. The van der Waals surface area contributed by atoms with Crippen LogP contribution in [0.3, 0.4) is 0 Å². The van der Waals surface area contributed by atoms with Gasteiger partial charge in [-0.25, -0.2) is 4.79 Å². The van der Waals surface area contributed by atoms with Crippen LogP contribution in [0.4, 0.5) is 5.69 Å². The highest BCUT2D eigenvalue weighted by atomic mass is 35.5. The lowest BCUT2D eigenvalue weighted by Crippen LogP contribution is -2.50. The highest BCUT2D eigenvalue weighted by molar-refractivity contribution is 6.33. The van der Waals surface area contributed by atoms with E-state index in [9.17, 15) is 9.59 Å². The summed E-state index contributed by atoms with van der Waals surface area (Å²) in [5.41, 5.74) is 1.73. The van der Waals surface area contributed by atoms with Crippen LogP contribution in [0, 0.1) is 0 Å². The fourth-order valence-corrected chi connectivity index (χ4v) is 3.39. The van der Waals surface area contributed by atoms with E-state index in [1.165, 1.54) is 6.08 Å². The number of benzene rings is 2. The van der Waals surface area contributed by atoms with E-state index in [-0.39, 0.29) is 12.5 Å². The number of anilines is 1. The van der Waals surface area contributed by atoms with Gasteiger partial charge in [-0.05, 0) is 24.3 Å². The number of amides is 1. The number of piperazine rings is 1. The largest absolute Gasteiger partial charge is 0.496 e. The SMILES string of the molecule is COc1ccccc1/C=C/C(=O)OCC(=O)N1CCN(c2ccccc2Cl)CC1. The summed E-state index contributed by atoms with van der Waals surface area (Å²) in [5.74, 6) is -0.120. The van der Waals surface area contributed by atoms with Crippen molar-refractivity contribution >= 4 is 35.2 Å². The maximum Gasteiger partial charge on any atom is 0.331 e. The van der Waals surface area contributed by atoms with Crippen LogP contribution in [0.5, 0.6) is 5.75 Å². The minimum absolute atomic E-state index is 0.206. The number of ether oxygens (including phenoxy) is 2. The topological polar surface area (TPSA) is 59.1 Å². The fourth-order valence-electron chi connectivity index (χ4n) is 3.14. The smallest absolute Gasteiger partial charge is 0.331 e. The number of methoxy groups -OCH3 is 1. The highest BCUT2D eigenvalue weighted by Gasteiger charge is 2.22. The van der Waals surface area contributed by atoms with Crippen LogP contribution in [0.1, 0.15) is 5.56 Å². The Hall–Kier alpha value is -2.99. The Labute approximate surface area is 175 Å². The average Bonchev–Trinajstić information content (AvgIpc) is 2.76. The molecule has 1 fully saturated rings. The molecule has 0 unspecified atom stereocenters. The summed E-state index contributed by atoms with van der Waals surface area (Å²) >= 11 is 6.24. The van der Waals surface area contributed by atoms with Gasteiger partial charge in [0.2, 0.25) is 0 Å². The number of esters is 1. The van der Waals surface area contributed by atoms with E-state index in [1.54, 1.807) is 24.2 Å². The van der Waals surface area contributed by atoms with Crippen molar-refractivity contribution in [1.29, 1.82) is 0 Å². The summed E-state index contributed by atoms with van der Waals surface area (Å²) in [4.78, 5) is 28.1. The number of rotatable bonds is 6. The van der Waals surface area contributed by atoms with Crippen molar-refractivity contribution in [2.24, 2.45) is 0 Å². The van der Waals surface area contributed by atoms with Gasteiger partial charge in [-0.1, -0.05) is 41.9 Å². The number of halogens is 1. The van der Waals surface area contributed by atoms with Gasteiger partial charge in [0, 0.05) is 37.8 Å². The number of nitrogens with zero attached hydrogens (tertiary/aromatic N) is 2. The van der Waals surface area contributed by atoms with Gasteiger partial charge in [0.1, 0.15) is 5.75 Å². The molecule has 0 atom stereocenters. The first-order valence-corrected chi connectivity index (χ1v) is 9.71. The normalized spacial score (nSPS) is 14.1. The Kier molecular flexibility index (Phi) is 7.14. The van der Waals surface area contributed by atoms with Gasteiger partial charge < -0.3 is 19.3 Å². The maximum absolute atomic E-state index is 12.3. The van der Waals surface area contributed by atoms with Gasteiger partial charge >= 0.3 is 5.97 Å². The predicted octanol–water partition coefficient (Wildman–Crippen LogP) is 3.25. The molecule has 152 valence electrons. The highest BCUT2D eigenvalue weighted by Crippen LogP contribution is 2.26. The lowest BCUT2D eigenvalue weighted by Gasteiger charge is -2.36. The third-order valence-corrected chi connectivity index (χ3v) is 5.02. The van der Waals surface area contributed by atoms with Crippen LogP contribution in [-0.2, 0) is 14.3 Å². The van der Waals surface area contributed by atoms with Gasteiger partial charge in [0.05, 0.1) is 17.8 Å². The first-order valence-electron chi connectivity index (χ1n) is 9.33. The number of carbonyl (C=O) groups is 2. The quantitative estimate of drug-likeness (QED) is 0.536. The molecule has 1 amide bonds. The maximum atomic E-state index is 12.3. The summed E-state index contributed by atoms with van der Waals surface area (Å²) < 4.78 is 10.3. The van der Waals surface area contributed by atoms with Gasteiger partial charge in [0.15, 0.2) is 6.61 Å². The van der Waals surface area contributed by atoms with Gasteiger partial charge in [-0.2, -0.15) is 0 Å². The molecule has 0 spiro atoms. The molecule has 1 saturated heterocycles. The molecule has 0 N–H and O–H groups in total. The number of carbonyl (C=O) groups excluding carboxylic acids is 2. The van der Waals surface area contributed by atoms with Crippen molar-refractivity contribution in [3.8, 4) is 5.75 Å². The molecule has 7 heteroatoms. The third-order valence-electron chi connectivity index (χ3n) is 4.70. The molecular weight excluding hydrogens is 392 g/mol. The van der Waals surface area contributed by atoms with Crippen molar-refractivity contribution in [3.05, 3.63) is 65.2 Å². The average molecular weight is 415 g/mol. The van der Waals surface area contributed by atoms with Gasteiger partial charge in [-0.15, -0.1) is 0 Å². The Morgan fingerprint density at radius 2 is 1.72 bits per heavy atom. The summed E-state index contributed by atoms with van der Waals surface area (Å²) in [7, 11) is 1.56. The van der Waals surface area contributed by atoms with E-state index in [2.05, 4.69) is 4.90 Å². The molecule has 1 heterocycles. The lowest BCUT2D eigenvalue weighted by molar-refractivity contribution is -0.148. The molecule has 3 rings (SSSR count). The van der Waals surface area contributed by atoms with E-state index in [0.717, 1.165) is 11.3 Å². The summed E-state index contributed by atoms with van der Waals surface area (Å²) in [6.45, 7) is 2.19. The van der Waals surface area contributed by atoms with E-state index in [4.69, 9.17) is 21.1 Å². The molecule has 0 aliphatic carbocycles. The number of hydrogen-bond donors (Lipinski definition) is 0. The van der Waals surface area contributed by atoms with Crippen LogP contribution in [0.15, 0.2) is 54.6 Å². The van der Waals surface area contributed by atoms with E-state index in [1.807, 2.05) is 42.5 Å². The van der Waals surface area contributed by atoms with Crippen molar-refractivity contribution in [2.75, 3.05) is 44.8 Å². The van der Waals surface area contributed by atoms with Crippen molar-refractivity contribution in [1.82, 2.24) is 4.90 Å². The Morgan fingerprint density at radius 3 is 2.45 bits per heavy atom. The van der Waals surface area contributed by atoms with Crippen LogP contribution in [0.25, 0.3) is 6.08 Å². The van der Waals surface area contributed by atoms with Crippen molar-refractivity contribution < 1.29 is 19.1 Å². The van der Waals surface area contributed by atoms with Crippen molar-refractivity contribution in [3.63, 3.8) is 0 Å². The van der Waals surface area contributed by atoms with Crippen molar-refractivity contribution in [2.45, 2.75) is 0 Å². The molecule has 0 saturated carbocycles. The first-order chi connectivity index (χ1) is 14.1. The lowest BCUT2D eigenvalue weighted by atomic mass is 10.2. The zero-order valence-electron chi connectivity index (χ0n) is 16.2. The Bertz CT molecular complexity index is 892. The van der Waals surface area contributed by atoms with Crippen LogP contribution < -0.4 is 9.64 Å². The van der Waals surface area contributed by atoms with E-state index in [0.29, 0.717) is 37.0 Å².